The van der Waals surface area contributed by atoms with Crippen molar-refractivity contribution in [3.63, 3.8) is 0 Å². The first-order chi connectivity index (χ1) is 13.7. The molecule has 29 heavy (non-hydrogen) atoms. The van der Waals surface area contributed by atoms with E-state index in [1.54, 1.807) is 19.1 Å². The summed E-state index contributed by atoms with van der Waals surface area (Å²) >= 11 is 0. The van der Waals surface area contributed by atoms with Crippen molar-refractivity contribution in [2.24, 2.45) is 0 Å². The van der Waals surface area contributed by atoms with Crippen molar-refractivity contribution in [1.29, 1.82) is 0 Å². The average molecular weight is 421 g/mol. The zero-order valence-electron chi connectivity index (χ0n) is 17.2. The number of nitrogens with one attached hydrogen (secondary N) is 2. The van der Waals surface area contributed by atoms with Crippen LogP contribution in [0, 0.1) is 13.8 Å². The molecule has 0 aliphatic rings. The quantitative estimate of drug-likeness (QED) is 0.616. The molecule has 0 aliphatic carbocycles. The van der Waals surface area contributed by atoms with Crippen molar-refractivity contribution in [3.05, 3.63) is 53.6 Å². The summed E-state index contributed by atoms with van der Waals surface area (Å²) in [4.78, 5) is 12.2. The largest absolute Gasteiger partial charge is 0.493 e. The molecule has 1 amide bonds. The summed E-state index contributed by atoms with van der Waals surface area (Å²) in [5.41, 5.74) is 2.70. The Morgan fingerprint density at radius 1 is 1.10 bits per heavy atom. The third kappa shape index (κ3) is 7.16. The van der Waals surface area contributed by atoms with Crippen LogP contribution in [0.5, 0.6) is 5.75 Å². The third-order valence-electron chi connectivity index (χ3n) is 4.14. The molecule has 0 radical (unpaired) electrons. The fourth-order valence-electron chi connectivity index (χ4n) is 2.77. The topological polar surface area (TPSA) is 93.7 Å². The van der Waals surface area contributed by atoms with Gasteiger partial charge in [-0.05, 0) is 56.7 Å². The maximum absolute atomic E-state index is 12.3. The highest BCUT2D eigenvalue weighted by atomic mass is 32.2. The molecule has 0 aromatic heterocycles. The van der Waals surface area contributed by atoms with Crippen LogP contribution < -0.4 is 14.8 Å². The standard InChI is InChI=1S/C21H28N2O5S/c1-15-5-10-20(16(2)13-15)28-12-11-21(24)22-18-6-8-19(9-7-18)29(25,26)23-17(3)14-27-4/h5-10,13,17,23H,11-12,14H2,1-4H3,(H,22,24). The van der Waals surface area contributed by atoms with Crippen molar-refractivity contribution >= 4 is 21.6 Å². The van der Waals surface area contributed by atoms with Crippen LogP contribution in [0.1, 0.15) is 24.5 Å². The molecule has 0 aliphatic heterocycles. The minimum absolute atomic E-state index is 0.122. The molecule has 0 bridgehead atoms. The van der Waals surface area contributed by atoms with Crippen molar-refractivity contribution in [2.75, 3.05) is 25.6 Å². The number of amides is 1. The minimum atomic E-state index is -3.64. The monoisotopic (exact) mass is 420 g/mol. The third-order valence-corrected chi connectivity index (χ3v) is 5.74. The van der Waals surface area contributed by atoms with Crippen molar-refractivity contribution < 1.29 is 22.7 Å². The predicted octanol–water partition coefficient (Wildman–Crippen LogP) is 3.02. The number of anilines is 1. The van der Waals surface area contributed by atoms with Gasteiger partial charge in [-0.1, -0.05) is 17.7 Å². The minimum Gasteiger partial charge on any atom is -0.493 e. The fraction of sp³-hybridized carbons (Fsp3) is 0.381. The summed E-state index contributed by atoms with van der Waals surface area (Å²) < 4.78 is 37.7. The lowest BCUT2D eigenvalue weighted by molar-refractivity contribution is -0.116. The molecule has 8 heteroatoms. The van der Waals surface area contributed by atoms with Crippen LogP contribution in [0.4, 0.5) is 5.69 Å². The van der Waals surface area contributed by atoms with Gasteiger partial charge >= 0.3 is 0 Å². The van der Waals surface area contributed by atoms with Gasteiger partial charge in [0, 0.05) is 18.8 Å². The number of aryl methyl sites for hydroxylation is 2. The van der Waals surface area contributed by atoms with E-state index in [0.717, 1.165) is 16.9 Å². The summed E-state index contributed by atoms with van der Waals surface area (Å²) in [7, 11) is -2.13. The molecule has 0 heterocycles. The molecular formula is C21H28N2O5S. The molecule has 0 saturated carbocycles. The van der Waals surface area contributed by atoms with Crippen molar-refractivity contribution in [1.82, 2.24) is 4.72 Å². The van der Waals surface area contributed by atoms with Gasteiger partial charge in [-0.2, -0.15) is 0 Å². The van der Waals surface area contributed by atoms with Crippen LogP contribution >= 0.6 is 0 Å². The van der Waals surface area contributed by atoms with Crippen LogP contribution in [0.25, 0.3) is 0 Å². The van der Waals surface area contributed by atoms with E-state index < -0.39 is 10.0 Å². The number of sulfonamides is 1. The summed E-state index contributed by atoms with van der Waals surface area (Å²) in [6, 6.07) is 11.5. The lowest BCUT2D eigenvalue weighted by Crippen LogP contribution is -2.35. The summed E-state index contributed by atoms with van der Waals surface area (Å²) in [5, 5.41) is 2.74. The molecule has 2 aromatic carbocycles. The van der Waals surface area contributed by atoms with E-state index in [4.69, 9.17) is 9.47 Å². The number of carbonyl (C=O) groups is 1. The number of methoxy groups -OCH3 is 1. The maximum Gasteiger partial charge on any atom is 0.240 e. The van der Waals surface area contributed by atoms with E-state index in [9.17, 15) is 13.2 Å². The van der Waals surface area contributed by atoms with Gasteiger partial charge in [0.2, 0.25) is 15.9 Å². The van der Waals surface area contributed by atoms with Gasteiger partial charge < -0.3 is 14.8 Å². The molecule has 1 atom stereocenters. The SMILES string of the molecule is COCC(C)NS(=O)(=O)c1ccc(NC(=O)CCOc2ccc(C)cc2C)cc1. The molecule has 0 spiro atoms. The van der Waals surface area contributed by atoms with Crippen LogP contribution in [-0.2, 0) is 19.6 Å². The van der Waals surface area contributed by atoms with Gasteiger partial charge in [0.1, 0.15) is 5.75 Å². The van der Waals surface area contributed by atoms with Gasteiger partial charge in [0.25, 0.3) is 0 Å². The predicted molar refractivity (Wildman–Crippen MR) is 113 cm³/mol. The molecule has 7 nitrogen and oxygen atoms in total. The van der Waals surface area contributed by atoms with E-state index in [1.807, 2.05) is 32.0 Å². The lowest BCUT2D eigenvalue weighted by atomic mass is 10.1. The smallest absolute Gasteiger partial charge is 0.240 e. The Bertz CT molecular complexity index is 927. The van der Waals surface area contributed by atoms with Gasteiger partial charge in [-0.15, -0.1) is 0 Å². The maximum atomic E-state index is 12.3. The van der Waals surface area contributed by atoms with Crippen LogP contribution in [0.2, 0.25) is 0 Å². The molecule has 158 valence electrons. The van der Waals surface area contributed by atoms with E-state index >= 15 is 0 Å². The van der Waals surface area contributed by atoms with E-state index in [2.05, 4.69) is 10.0 Å². The Balaban J connectivity index is 1.86. The second kappa shape index (κ2) is 10.4. The second-order valence-corrected chi connectivity index (χ2v) is 8.63. The van der Waals surface area contributed by atoms with Gasteiger partial charge in [0.05, 0.1) is 24.5 Å². The van der Waals surface area contributed by atoms with Crippen LogP contribution in [0.3, 0.4) is 0 Å². The first-order valence-corrected chi connectivity index (χ1v) is 10.8. The Morgan fingerprint density at radius 3 is 2.41 bits per heavy atom. The van der Waals surface area contributed by atoms with E-state index in [0.29, 0.717) is 5.69 Å². The molecule has 2 aromatic rings. The summed E-state index contributed by atoms with van der Waals surface area (Å²) in [6.07, 6.45) is 0.184. The van der Waals surface area contributed by atoms with Crippen molar-refractivity contribution in [3.8, 4) is 5.75 Å². The first kappa shape index (κ1) is 22.9. The first-order valence-electron chi connectivity index (χ1n) is 9.32. The van der Waals surface area contributed by atoms with Gasteiger partial charge in [-0.3, -0.25) is 4.79 Å². The van der Waals surface area contributed by atoms with Crippen LogP contribution in [0.15, 0.2) is 47.4 Å². The fourth-order valence-corrected chi connectivity index (χ4v) is 4.00. The number of rotatable bonds is 10. The molecule has 0 fully saturated rings. The number of hydrogen-bond acceptors (Lipinski definition) is 5. The number of ether oxygens (including phenoxy) is 2. The zero-order chi connectivity index (χ0) is 21.4. The molecule has 0 saturated heterocycles. The Morgan fingerprint density at radius 2 is 1.79 bits per heavy atom. The highest BCUT2D eigenvalue weighted by molar-refractivity contribution is 7.89. The Labute approximate surface area is 172 Å². The Hall–Kier alpha value is -2.42. The normalized spacial score (nSPS) is 12.4. The molecule has 1 unspecified atom stereocenters. The van der Waals surface area contributed by atoms with Crippen LogP contribution in [-0.4, -0.2) is 40.7 Å². The van der Waals surface area contributed by atoms with E-state index in [1.165, 1.54) is 19.2 Å². The Kier molecular flexibility index (Phi) is 8.19. The van der Waals surface area contributed by atoms with E-state index in [-0.39, 0.29) is 36.5 Å². The molecule has 2 N–H and O–H groups in total. The zero-order valence-corrected chi connectivity index (χ0v) is 18.0. The number of benzene rings is 2. The number of carbonyl (C=O) groups excluding carboxylic acids is 1. The second-order valence-electron chi connectivity index (χ2n) is 6.92. The van der Waals surface area contributed by atoms with Gasteiger partial charge in [0.15, 0.2) is 0 Å². The molecule has 2 rings (SSSR count). The highest BCUT2D eigenvalue weighted by Gasteiger charge is 2.17. The molecular weight excluding hydrogens is 392 g/mol. The summed E-state index contributed by atoms with van der Waals surface area (Å²) in [6.45, 7) is 6.22. The van der Waals surface area contributed by atoms with Gasteiger partial charge in [-0.25, -0.2) is 13.1 Å². The highest BCUT2D eigenvalue weighted by Crippen LogP contribution is 2.19. The average Bonchev–Trinajstić information content (AvgIpc) is 2.63. The summed E-state index contributed by atoms with van der Waals surface area (Å²) in [5.74, 6) is 0.547. The van der Waals surface area contributed by atoms with Crippen molar-refractivity contribution in [2.45, 2.75) is 38.1 Å². The number of hydrogen-bond donors (Lipinski definition) is 2. The lowest BCUT2D eigenvalue weighted by Gasteiger charge is -2.13.